The second-order valence-electron chi connectivity index (χ2n) is 10.3. The smallest absolute Gasteiger partial charge is 0.328 e. The number of amides is 3. The van der Waals surface area contributed by atoms with Gasteiger partial charge in [0.15, 0.2) is 9.84 Å². The van der Waals surface area contributed by atoms with Gasteiger partial charge in [0.05, 0.1) is 28.1 Å². The molecule has 3 heterocycles. The van der Waals surface area contributed by atoms with Crippen molar-refractivity contribution in [1.82, 2.24) is 15.5 Å². The first-order valence-corrected chi connectivity index (χ1v) is 15.8. The summed E-state index contributed by atoms with van der Waals surface area (Å²) < 4.78 is 34.6. The number of carboxylic acid groups (broad SMARTS) is 1. The Bertz CT molecular complexity index is 1950. The molecule has 5 rings (SSSR count). The summed E-state index contributed by atoms with van der Waals surface area (Å²) in [4.78, 5) is 52.3. The number of carboxylic acids is 1. The highest BCUT2D eigenvalue weighted by atomic mass is 35.5. The molecule has 2 aromatic carbocycles. The molecule has 0 saturated carbocycles. The minimum Gasteiger partial charge on any atom is -0.480 e. The molecule has 230 valence electrons. The van der Waals surface area contributed by atoms with Crippen molar-refractivity contribution >= 4 is 67.7 Å². The van der Waals surface area contributed by atoms with E-state index in [9.17, 15) is 32.7 Å². The molecular weight excluding hydrogens is 637 g/mol. The van der Waals surface area contributed by atoms with E-state index in [-0.39, 0.29) is 38.5 Å². The number of furan rings is 2. The quantitative estimate of drug-likeness (QED) is 0.253. The zero-order valence-corrected chi connectivity index (χ0v) is 25.6. The Morgan fingerprint density at radius 3 is 2.55 bits per heavy atom. The first kappa shape index (κ1) is 31.1. The van der Waals surface area contributed by atoms with Crippen LogP contribution in [0.4, 0.5) is 0 Å². The molecule has 0 fully saturated rings. The van der Waals surface area contributed by atoms with Gasteiger partial charge in [-0.25, -0.2) is 13.2 Å². The highest BCUT2D eigenvalue weighted by Gasteiger charge is 2.31. The molecule has 1 aliphatic rings. The zero-order chi connectivity index (χ0) is 31.9. The minimum absolute atomic E-state index is 0.0196. The molecule has 0 spiro atoms. The summed E-state index contributed by atoms with van der Waals surface area (Å²) in [5.74, 6) is -4.09. The topological polar surface area (TPSA) is 176 Å². The van der Waals surface area contributed by atoms with E-state index in [1.807, 2.05) is 0 Å². The van der Waals surface area contributed by atoms with E-state index in [0.717, 1.165) is 17.9 Å². The lowest BCUT2D eigenvalue weighted by Crippen LogP contribution is -2.48. The van der Waals surface area contributed by atoms with E-state index in [2.05, 4.69) is 10.6 Å². The maximum absolute atomic E-state index is 13.2. The number of hydrogen-bond acceptors (Lipinski definition) is 8. The van der Waals surface area contributed by atoms with Crippen molar-refractivity contribution in [3.8, 4) is 0 Å². The summed E-state index contributed by atoms with van der Waals surface area (Å²) in [7, 11) is -3.82. The van der Waals surface area contributed by atoms with Crippen molar-refractivity contribution in [1.29, 1.82) is 0 Å². The molecule has 3 N–H and O–H groups in total. The van der Waals surface area contributed by atoms with E-state index < -0.39 is 46.0 Å². The number of nitrogens with zero attached hydrogens (tertiary/aromatic N) is 1. The van der Waals surface area contributed by atoms with E-state index in [4.69, 9.17) is 32.0 Å². The van der Waals surface area contributed by atoms with Crippen LogP contribution in [0.2, 0.25) is 10.0 Å². The molecule has 3 amide bonds. The molecule has 1 atom stereocenters. The average Bonchev–Trinajstić information content (AvgIpc) is 3.60. The van der Waals surface area contributed by atoms with Gasteiger partial charge in [0.25, 0.3) is 17.7 Å². The Labute approximate surface area is 260 Å². The zero-order valence-electron chi connectivity index (χ0n) is 23.3. The Morgan fingerprint density at radius 1 is 1.09 bits per heavy atom. The Kier molecular flexibility index (Phi) is 8.47. The Morgan fingerprint density at radius 2 is 1.84 bits per heavy atom. The van der Waals surface area contributed by atoms with Crippen molar-refractivity contribution in [2.45, 2.75) is 30.8 Å². The lowest BCUT2D eigenvalue weighted by Gasteiger charge is -2.30. The summed E-state index contributed by atoms with van der Waals surface area (Å²) in [6.07, 6.45) is 3.85. The molecule has 0 bridgehead atoms. The SMILES string of the molecule is Cc1coc(C(=O)NC[C@H](NC(=O)c2c(Cl)cc3c(c2Cl)CCN(C(=O)c2ccc4ccoc4c2)C3)C(=O)O)c1S(C)(=O)=O. The van der Waals surface area contributed by atoms with Crippen LogP contribution >= 0.6 is 23.2 Å². The Balaban J connectivity index is 1.30. The maximum Gasteiger partial charge on any atom is 0.328 e. The van der Waals surface area contributed by atoms with Gasteiger partial charge in [-0.3, -0.25) is 14.4 Å². The molecular formula is C29H25Cl2N3O9S. The summed E-state index contributed by atoms with van der Waals surface area (Å²) in [5.41, 5.74) is 2.31. The van der Waals surface area contributed by atoms with Crippen LogP contribution in [0.15, 0.2) is 56.6 Å². The van der Waals surface area contributed by atoms with Gasteiger partial charge < -0.3 is 29.5 Å². The fraction of sp³-hybridized carbons (Fsp3) is 0.241. The van der Waals surface area contributed by atoms with Crippen LogP contribution in [0.25, 0.3) is 11.0 Å². The lowest BCUT2D eigenvalue weighted by atomic mass is 9.96. The number of aliphatic carboxylic acids is 1. The largest absolute Gasteiger partial charge is 0.480 e. The van der Waals surface area contributed by atoms with Crippen LogP contribution in [-0.2, 0) is 27.6 Å². The number of rotatable bonds is 8. The van der Waals surface area contributed by atoms with Crippen LogP contribution in [0, 0.1) is 6.92 Å². The highest BCUT2D eigenvalue weighted by molar-refractivity contribution is 7.90. The number of nitrogens with one attached hydrogen (secondary N) is 2. The summed E-state index contributed by atoms with van der Waals surface area (Å²) in [6.45, 7) is 1.32. The third-order valence-corrected chi connectivity index (χ3v) is 9.15. The lowest BCUT2D eigenvalue weighted by molar-refractivity contribution is -0.139. The predicted octanol–water partition coefficient (Wildman–Crippen LogP) is 3.86. The number of carbonyl (C=O) groups excluding carboxylic acids is 3. The van der Waals surface area contributed by atoms with E-state index in [1.54, 1.807) is 35.4 Å². The molecule has 0 unspecified atom stereocenters. The number of hydrogen-bond donors (Lipinski definition) is 3. The fourth-order valence-electron chi connectivity index (χ4n) is 5.06. The van der Waals surface area contributed by atoms with Crippen molar-refractivity contribution in [3.05, 3.63) is 86.5 Å². The van der Waals surface area contributed by atoms with Crippen LogP contribution in [0.3, 0.4) is 0 Å². The molecule has 15 heteroatoms. The highest BCUT2D eigenvalue weighted by Crippen LogP contribution is 2.35. The predicted molar refractivity (Wildman–Crippen MR) is 159 cm³/mol. The van der Waals surface area contributed by atoms with Crippen molar-refractivity contribution in [3.63, 3.8) is 0 Å². The van der Waals surface area contributed by atoms with Gasteiger partial charge in [0.2, 0.25) is 5.76 Å². The minimum atomic E-state index is -3.82. The third-order valence-electron chi connectivity index (χ3n) is 7.19. The molecule has 12 nitrogen and oxygen atoms in total. The van der Waals surface area contributed by atoms with E-state index >= 15 is 0 Å². The first-order chi connectivity index (χ1) is 20.8. The van der Waals surface area contributed by atoms with Crippen LogP contribution in [0.5, 0.6) is 0 Å². The van der Waals surface area contributed by atoms with Crippen LogP contribution < -0.4 is 10.6 Å². The van der Waals surface area contributed by atoms with Gasteiger partial charge in [-0.15, -0.1) is 0 Å². The van der Waals surface area contributed by atoms with E-state index in [1.165, 1.54) is 13.0 Å². The molecule has 0 aliphatic carbocycles. The number of halogens is 2. The number of carbonyl (C=O) groups is 4. The second-order valence-corrected chi connectivity index (χ2v) is 13.0. The molecule has 0 radical (unpaired) electrons. The molecule has 1 aliphatic heterocycles. The van der Waals surface area contributed by atoms with Gasteiger partial charge in [-0.2, -0.15) is 0 Å². The Hall–Kier alpha value is -4.33. The number of aryl methyl sites for hydroxylation is 1. The van der Waals surface area contributed by atoms with E-state index in [0.29, 0.717) is 35.2 Å². The van der Waals surface area contributed by atoms with Crippen LogP contribution in [0.1, 0.15) is 48.0 Å². The van der Waals surface area contributed by atoms with Gasteiger partial charge in [0.1, 0.15) is 16.5 Å². The van der Waals surface area contributed by atoms with Gasteiger partial charge >= 0.3 is 5.97 Å². The monoisotopic (exact) mass is 661 g/mol. The van der Waals surface area contributed by atoms with Crippen molar-refractivity contribution in [2.24, 2.45) is 0 Å². The summed E-state index contributed by atoms with van der Waals surface area (Å²) >= 11 is 13.1. The number of fused-ring (bicyclic) bond motifs is 2. The van der Waals surface area contributed by atoms with Crippen LogP contribution in [-0.4, -0.2) is 67.5 Å². The molecule has 2 aromatic heterocycles. The van der Waals surface area contributed by atoms with Gasteiger partial charge in [-0.1, -0.05) is 29.3 Å². The summed E-state index contributed by atoms with van der Waals surface area (Å²) in [5, 5.41) is 15.1. The standard InChI is InChI=1S/C29H25Cl2N3O9S/c1-14-13-43-24(25(14)44(2,40)41)27(36)32-11-20(29(38)39)33-26(35)22-19(30)9-17-12-34(7-5-18(17)23(22)31)28(37)16-4-3-15-6-8-42-21(15)10-16/h3-4,6,8-10,13,20H,5,7,11-12H2,1-2H3,(H,32,36)(H,33,35)(H,38,39)/t20-/m0/s1. The third kappa shape index (κ3) is 6.03. The molecule has 0 saturated heterocycles. The van der Waals surface area contributed by atoms with Gasteiger partial charge in [0, 0.05) is 42.4 Å². The summed E-state index contributed by atoms with van der Waals surface area (Å²) in [6, 6.07) is 6.85. The molecule has 4 aromatic rings. The van der Waals surface area contributed by atoms with Crippen molar-refractivity contribution < 1.29 is 41.5 Å². The normalized spacial score (nSPS) is 13.8. The molecule has 44 heavy (non-hydrogen) atoms. The van der Waals surface area contributed by atoms with Crippen molar-refractivity contribution in [2.75, 3.05) is 19.3 Å². The number of benzene rings is 2. The first-order valence-electron chi connectivity index (χ1n) is 13.1. The average molecular weight is 663 g/mol. The maximum atomic E-state index is 13.2. The van der Waals surface area contributed by atoms with Gasteiger partial charge in [-0.05, 0) is 48.7 Å². The number of sulfone groups is 1. The second kappa shape index (κ2) is 12.0. The fourth-order valence-corrected chi connectivity index (χ4v) is 6.93.